The Morgan fingerprint density at radius 2 is 1.68 bits per heavy atom. The molecule has 0 unspecified atom stereocenters. The molecule has 1 atom stereocenters. The van der Waals surface area contributed by atoms with Gasteiger partial charge in [-0.25, -0.2) is 8.42 Å². The van der Waals surface area contributed by atoms with Gasteiger partial charge in [-0.15, -0.1) is 0 Å². The summed E-state index contributed by atoms with van der Waals surface area (Å²) in [6.07, 6.45) is 0. The van der Waals surface area contributed by atoms with Gasteiger partial charge in [-0.1, -0.05) is 48.0 Å². The number of hydrogen-bond donors (Lipinski definition) is 0. The maximum Gasteiger partial charge on any atom is 0.261 e. The summed E-state index contributed by atoms with van der Waals surface area (Å²) in [4.78, 5) is 26.4. The maximum atomic E-state index is 13.1. The van der Waals surface area contributed by atoms with Crippen molar-refractivity contribution in [2.45, 2.75) is 24.8 Å². The lowest BCUT2D eigenvalue weighted by Gasteiger charge is -2.23. The van der Waals surface area contributed by atoms with Crippen LogP contribution in [0.3, 0.4) is 0 Å². The molecule has 28 heavy (non-hydrogen) atoms. The molecule has 3 aromatic rings. The number of carbonyl (C=O) groups excluding carboxylic acids is 2. The number of rotatable bonds is 3. The van der Waals surface area contributed by atoms with Crippen molar-refractivity contribution in [3.8, 4) is 0 Å². The molecule has 0 bridgehead atoms. The van der Waals surface area contributed by atoms with Gasteiger partial charge < -0.3 is 0 Å². The average molecular weight is 393 g/mol. The molecule has 5 nitrogen and oxygen atoms in total. The summed E-state index contributed by atoms with van der Waals surface area (Å²) >= 11 is 0. The van der Waals surface area contributed by atoms with Crippen LogP contribution < -0.4 is 0 Å². The fourth-order valence-electron chi connectivity index (χ4n) is 3.81. The fourth-order valence-corrected chi connectivity index (χ4v) is 5.29. The van der Waals surface area contributed by atoms with Crippen molar-refractivity contribution in [2.24, 2.45) is 0 Å². The summed E-state index contributed by atoms with van der Waals surface area (Å²) in [5.41, 5.74) is 1.95. The Hall–Kier alpha value is -2.99. The number of hydrogen-bond acceptors (Lipinski definition) is 4. The van der Waals surface area contributed by atoms with E-state index in [1.807, 2.05) is 37.3 Å². The minimum Gasteiger partial charge on any atom is -0.275 e. The molecule has 0 N–H and O–H groups in total. The highest BCUT2D eigenvalue weighted by Crippen LogP contribution is 2.40. The molecule has 4 rings (SSSR count). The van der Waals surface area contributed by atoms with Gasteiger partial charge in [0.2, 0.25) is 5.91 Å². The predicted octanol–water partition coefficient (Wildman–Crippen LogP) is 3.67. The first-order valence-electron chi connectivity index (χ1n) is 8.95. The van der Waals surface area contributed by atoms with Gasteiger partial charge in [0.25, 0.3) is 5.91 Å². The van der Waals surface area contributed by atoms with Crippen LogP contribution in [0.25, 0.3) is 10.8 Å². The molecule has 0 aromatic heterocycles. The molecule has 2 amide bonds. The molecule has 1 heterocycles. The highest BCUT2D eigenvalue weighted by molar-refractivity contribution is 7.91. The van der Waals surface area contributed by atoms with Gasteiger partial charge in [0.05, 0.1) is 16.7 Å². The van der Waals surface area contributed by atoms with Crippen LogP contribution in [0.2, 0.25) is 0 Å². The van der Waals surface area contributed by atoms with Crippen LogP contribution in [0.5, 0.6) is 0 Å². The van der Waals surface area contributed by atoms with Crippen LogP contribution >= 0.6 is 0 Å². The number of fused-ring (bicyclic) bond motifs is 3. The smallest absolute Gasteiger partial charge is 0.261 e. The lowest BCUT2D eigenvalue weighted by molar-refractivity contribution is -0.127. The molecule has 0 saturated heterocycles. The first kappa shape index (κ1) is 18.4. The third-order valence-corrected chi connectivity index (χ3v) is 6.91. The lowest BCUT2D eigenvalue weighted by atomic mass is 9.97. The van der Waals surface area contributed by atoms with Gasteiger partial charge in [-0.05, 0) is 41.5 Å². The Kier molecular flexibility index (Phi) is 4.31. The molecular formula is C22H19NO4S. The molecule has 1 aliphatic heterocycles. The van der Waals surface area contributed by atoms with E-state index in [9.17, 15) is 18.0 Å². The molecular weight excluding hydrogens is 374 g/mol. The van der Waals surface area contributed by atoms with Crippen molar-refractivity contribution in [1.82, 2.24) is 4.90 Å². The summed E-state index contributed by atoms with van der Waals surface area (Å²) in [6, 6.07) is 16.7. The van der Waals surface area contributed by atoms with Gasteiger partial charge in [0, 0.05) is 12.5 Å². The van der Waals surface area contributed by atoms with Gasteiger partial charge in [-0.3, -0.25) is 14.5 Å². The summed E-state index contributed by atoms with van der Waals surface area (Å²) in [5.74, 6) is -1.26. The molecule has 0 fully saturated rings. The average Bonchev–Trinajstić information content (AvgIpc) is 2.94. The lowest BCUT2D eigenvalue weighted by Crippen LogP contribution is -2.35. The van der Waals surface area contributed by atoms with Crippen LogP contribution in [0, 0.1) is 6.92 Å². The molecule has 0 spiro atoms. The Morgan fingerprint density at radius 1 is 1.00 bits per heavy atom. The topological polar surface area (TPSA) is 71.5 Å². The van der Waals surface area contributed by atoms with Crippen LogP contribution in [0.1, 0.15) is 34.5 Å². The summed E-state index contributed by atoms with van der Waals surface area (Å²) in [5, 5.41) is 1.69. The van der Waals surface area contributed by atoms with Crippen molar-refractivity contribution in [3.05, 3.63) is 77.4 Å². The zero-order valence-corrected chi connectivity index (χ0v) is 16.4. The van der Waals surface area contributed by atoms with E-state index in [1.165, 1.54) is 6.92 Å². The second kappa shape index (κ2) is 6.56. The minimum absolute atomic E-state index is 0.183. The molecule has 1 aliphatic rings. The number of carbonyl (C=O) groups is 2. The summed E-state index contributed by atoms with van der Waals surface area (Å²) in [7, 11) is -3.71. The van der Waals surface area contributed by atoms with E-state index in [2.05, 4.69) is 0 Å². The van der Waals surface area contributed by atoms with E-state index in [-0.39, 0.29) is 10.6 Å². The third-order valence-electron chi connectivity index (χ3n) is 5.16. The molecule has 142 valence electrons. The zero-order chi connectivity index (χ0) is 20.1. The van der Waals surface area contributed by atoms with Gasteiger partial charge >= 0.3 is 0 Å². The van der Waals surface area contributed by atoms with E-state index in [0.29, 0.717) is 11.1 Å². The number of sulfone groups is 1. The predicted molar refractivity (Wildman–Crippen MR) is 107 cm³/mol. The van der Waals surface area contributed by atoms with Crippen molar-refractivity contribution in [3.63, 3.8) is 0 Å². The standard InChI is InChI=1S/C22H19NO4S/c1-14-7-10-17(11-8-14)28(26,27)13-20-21-18-6-4-3-5-16(18)9-12-19(21)22(25)23(20)15(2)24/h3-12,20H,13H2,1-2H3/t20-/m0/s1. The normalized spacial score (nSPS) is 16.4. The Balaban J connectivity index is 1.88. The number of benzene rings is 3. The van der Waals surface area contributed by atoms with Crippen molar-refractivity contribution in [2.75, 3.05) is 5.75 Å². The maximum absolute atomic E-state index is 13.1. The Labute approximate surface area is 163 Å². The second-order valence-electron chi connectivity index (χ2n) is 7.05. The van der Waals surface area contributed by atoms with Crippen molar-refractivity contribution >= 4 is 32.4 Å². The van der Waals surface area contributed by atoms with Crippen LogP contribution in [-0.4, -0.2) is 30.9 Å². The number of aryl methyl sites for hydroxylation is 1. The van der Waals surface area contributed by atoms with Gasteiger partial charge in [-0.2, -0.15) is 0 Å². The number of nitrogens with zero attached hydrogens (tertiary/aromatic N) is 1. The SMILES string of the molecule is CC(=O)N1C(=O)c2ccc3ccccc3c2[C@@H]1CS(=O)(=O)c1ccc(C)cc1. The number of imide groups is 1. The largest absolute Gasteiger partial charge is 0.275 e. The molecule has 6 heteroatoms. The zero-order valence-electron chi connectivity index (χ0n) is 15.5. The van der Waals surface area contributed by atoms with Crippen LogP contribution in [-0.2, 0) is 14.6 Å². The first-order valence-corrected chi connectivity index (χ1v) is 10.6. The third kappa shape index (κ3) is 2.90. The summed E-state index contributed by atoms with van der Waals surface area (Å²) in [6.45, 7) is 3.17. The van der Waals surface area contributed by atoms with E-state index < -0.39 is 27.7 Å². The Morgan fingerprint density at radius 3 is 2.36 bits per heavy atom. The molecule has 0 saturated carbocycles. The molecule has 3 aromatic carbocycles. The quantitative estimate of drug-likeness (QED) is 0.681. The Bertz CT molecular complexity index is 1210. The van der Waals surface area contributed by atoms with Crippen LogP contribution in [0.15, 0.2) is 65.6 Å². The van der Waals surface area contributed by atoms with Gasteiger partial charge in [0.1, 0.15) is 0 Å². The highest BCUT2D eigenvalue weighted by Gasteiger charge is 2.42. The van der Waals surface area contributed by atoms with Crippen molar-refractivity contribution < 1.29 is 18.0 Å². The van der Waals surface area contributed by atoms with E-state index in [1.54, 1.807) is 30.3 Å². The van der Waals surface area contributed by atoms with Crippen molar-refractivity contribution in [1.29, 1.82) is 0 Å². The molecule has 0 radical (unpaired) electrons. The molecule has 0 aliphatic carbocycles. The highest BCUT2D eigenvalue weighted by atomic mass is 32.2. The van der Waals surface area contributed by atoms with E-state index in [4.69, 9.17) is 0 Å². The number of amides is 2. The second-order valence-corrected chi connectivity index (χ2v) is 9.09. The summed E-state index contributed by atoms with van der Waals surface area (Å²) < 4.78 is 26.1. The fraction of sp³-hybridized carbons (Fsp3) is 0.182. The van der Waals surface area contributed by atoms with E-state index in [0.717, 1.165) is 21.2 Å². The first-order chi connectivity index (χ1) is 13.3. The van der Waals surface area contributed by atoms with Crippen LogP contribution in [0.4, 0.5) is 0 Å². The minimum atomic E-state index is -3.71. The van der Waals surface area contributed by atoms with E-state index >= 15 is 0 Å². The van der Waals surface area contributed by atoms with Gasteiger partial charge in [0.15, 0.2) is 9.84 Å². The monoisotopic (exact) mass is 393 g/mol.